The normalized spacial score (nSPS) is 12.6. The molecule has 4 aromatic carbocycles. The van der Waals surface area contributed by atoms with Crippen LogP contribution in [0, 0.1) is 5.41 Å². The second-order valence-corrected chi connectivity index (χ2v) is 12.7. The van der Waals surface area contributed by atoms with Gasteiger partial charge in [0.2, 0.25) is 5.91 Å². The average Bonchev–Trinajstić information content (AvgIpc) is 2.87. The Morgan fingerprint density at radius 2 is 1.46 bits per heavy atom. The van der Waals surface area contributed by atoms with E-state index in [-0.39, 0.29) is 22.8 Å². The van der Waals surface area contributed by atoms with Gasteiger partial charge in [-0.25, -0.2) is 8.42 Å². The number of amides is 2. The van der Waals surface area contributed by atoms with E-state index in [1.165, 1.54) is 24.3 Å². The molecule has 1 atom stereocenters. The third kappa shape index (κ3) is 7.03. The SMILES string of the molecule is CC(C)(C)CS(=O)(=O)c1cccc2c(NC(=O)[C@H](Cc3ccccc3)NC(=O)c3ccc(O)cc3)cccc12. The molecule has 2 amide bonds. The van der Waals surface area contributed by atoms with Gasteiger partial charge in [0, 0.05) is 28.4 Å². The molecule has 0 aromatic heterocycles. The summed E-state index contributed by atoms with van der Waals surface area (Å²) in [5.41, 5.74) is 1.18. The standard InChI is InChI=1S/C31H32N2O5S/c1-31(2,3)20-39(37,38)28-14-8-11-24-25(28)12-7-13-26(24)32-30(36)27(19-21-9-5-4-6-10-21)33-29(35)22-15-17-23(34)18-16-22/h4-18,27,34H,19-20H2,1-3H3,(H,32,36)(H,33,35)/t27-/m0/s1. The monoisotopic (exact) mass is 544 g/mol. The second kappa shape index (κ2) is 11.3. The fraction of sp³-hybridized carbons (Fsp3) is 0.226. The molecular formula is C31H32N2O5S. The molecule has 39 heavy (non-hydrogen) atoms. The van der Waals surface area contributed by atoms with Gasteiger partial charge in [0.1, 0.15) is 11.8 Å². The Morgan fingerprint density at radius 3 is 2.13 bits per heavy atom. The molecule has 4 rings (SSSR count). The van der Waals surface area contributed by atoms with Crippen LogP contribution in [0.4, 0.5) is 5.69 Å². The first-order valence-corrected chi connectivity index (χ1v) is 14.3. The van der Waals surface area contributed by atoms with E-state index in [4.69, 9.17) is 0 Å². The van der Waals surface area contributed by atoms with E-state index in [1.807, 2.05) is 51.1 Å². The lowest BCUT2D eigenvalue weighted by molar-refractivity contribution is -0.118. The van der Waals surface area contributed by atoms with Gasteiger partial charge in [0.25, 0.3) is 5.91 Å². The molecule has 0 fully saturated rings. The zero-order valence-corrected chi connectivity index (χ0v) is 23.0. The molecule has 8 heteroatoms. The highest BCUT2D eigenvalue weighted by Crippen LogP contribution is 2.31. The number of anilines is 1. The number of phenols is 1. The van der Waals surface area contributed by atoms with Gasteiger partial charge in [-0.2, -0.15) is 0 Å². The van der Waals surface area contributed by atoms with Crippen molar-refractivity contribution in [2.45, 2.75) is 38.1 Å². The predicted octanol–water partition coefficient (Wildman–Crippen LogP) is 5.35. The molecule has 0 unspecified atom stereocenters. The van der Waals surface area contributed by atoms with Crippen LogP contribution >= 0.6 is 0 Å². The summed E-state index contributed by atoms with van der Waals surface area (Å²) in [4.78, 5) is 26.7. The summed E-state index contributed by atoms with van der Waals surface area (Å²) in [6.45, 7) is 5.63. The maximum Gasteiger partial charge on any atom is 0.251 e. The van der Waals surface area contributed by atoms with Gasteiger partial charge in [-0.3, -0.25) is 9.59 Å². The van der Waals surface area contributed by atoms with Crippen molar-refractivity contribution in [3.8, 4) is 5.75 Å². The van der Waals surface area contributed by atoms with E-state index in [0.717, 1.165) is 5.56 Å². The lowest BCUT2D eigenvalue weighted by Crippen LogP contribution is -2.45. The molecule has 0 saturated carbocycles. The molecule has 0 spiro atoms. The lowest BCUT2D eigenvalue weighted by Gasteiger charge is -2.21. The molecule has 3 N–H and O–H groups in total. The number of phenolic OH excluding ortho intramolecular Hbond substituents is 1. The molecule has 0 aliphatic rings. The third-order valence-corrected chi connectivity index (χ3v) is 8.40. The van der Waals surface area contributed by atoms with Crippen LogP contribution in [0.25, 0.3) is 10.8 Å². The Labute approximate surface area is 228 Å². The van der Waals surface area contributed by atoms with Gasteiger partial charge in [-0.05, 0) is 47.4 Å². The van der Waals surface area contributed by atoms with Crippen molar-refractivity contribution in [2.24, 2.45) is 5.41 Å². The first kappa shape index (κ1) is 27.9. The number of fused-ring (bicyclic) bond motifs is 1. The highest BCUT2D eigenvalue weighted by atomic mass is 32.2. The quantitative estimate of drug-likeness (QED) is 0.277. The summed E-state index contributed by atoms with van der Waals surface area (Å²) in [5, 5.41) is 16.4. The van der Waals surface area contributed by atoms with Crippen LogP contribution in [0.5, 0.6) is 5.75 Å². The number of aromatic hydroxyl groups is 1. The Morgan fingerprint density at radius 1 is 0.821 bits per heavy atom. The number of nitrogens with one attached hydrogen (secondary N) is 2. The highest BCUT2D eigenvalue weighted by molar-refractivity contribution is 7.91. The number of benzene rings is 4. The summed E-state index contributed by atoms with van der Waals surface area (Å²) >= 11 is 0. The van der Waals surface area contributed by atoms with E-state index in [2.05, 4.69) is 10.6 Å². The smallest absolute Gasteiger partial charge is 0.251 e. The largest absolute Gasteiger partial charge is 0.508 e. The zero-order chi connectivity index (χ0) is 28.2. The Hall–Kier alpha value is -4.17. The zero-order valence-electron chi connectivity index (χ0n) is 22.1. The van der Waals surface area contributed by atoms with Crippen LogP contribution in [0.15, 0.2) is 95.9 Å². The number of rotatable bonds is 8. The Bertz CT molecular complexity index is 1590. The average molecular weight is 545 g/mol. The molecule has 202 valence electrons. The Kier molecular flexibility index (Phi) is 8.06. The minimum atomic E-state index is -3.58. The van der Waals surface area contributed by atoms with E-state index in [1.54, 1.807) is 36.4 Å². The fourth-order valence-electron chi connectivity index (χ4n) is 4.44. The summed E-state index contributed by atoms with van der Waals surface area (Å²) in [5.74, 6) is -0.885. The van der Waals surface area contributed by atoms with Gasteiger partial charge in [-0.15, -0.1) is 0 Å². The van der Waals surface area contributed by atoms with Crippen LogP contribution in [-0.4, -0.2) is 37.1 Å². The number of hydrogen-bond donors (Lipinski definition) is 3. The van der Waals surface area contributed by atoms with Crippen molar-refractivity contribution in [2.75, 3.05) is 11.1 Å². The van der Waals surface area contributed by atoms with Crippen LogP contribution < -0.4 is 10.6 Å². The van der Waals surface area contributed by atoms with Crippen LogP contribution in [0.3, 0.4) is 0 Å². The van der Waals surface area contributed by atoms with Crippen molar-refractivity contribution < 1.29 is 23.1 Å². The number of hydrogen-bond acceptors (Lipinski definition) is 5. The first-order chi connectivity index (χ1) is 18.4. The lowest BCUT2D eigenvalue weighted by atomic mass is 10.0. The van der Waals surface area contributed by atoms with E-state index in [9.17, 15) is 23.1 Å². The highest BCUT2D eigenvalue weighted by Gasteiger charge is 2.26. The topological polar surface area (TPSA) is 113 Å². The van der Waals surface area contributed by atoms with Gasteiger partial charge < -0.3 is 15.7 Å². The summed E-state index contributed by atoms with van der Waals surface area (Å²) < 4.78 is 26.5. The second-order valence-electron chi connectivity index (χ2n) is 10.7. The number of carbonyl (C=O) groups excluding carboxylic acids is 2. The Balaban J connectivity index is 1.65. The molecule has 0 aliphatic heterocycles. The van der Waals surface area contributed by atoms with Crippen molar-refractivity contribution in [3.63, 3.8) is 0 Å². The van der Waals surface area contributed by atoms with Crippen molar-refractivity contribution in [1.82, 2.24) is 5.32 Å². The third-order valence-electron chi connectivity index (χ3n) is 6.13. The van der Waals surface area contributed by atoms with Crippen molar-refractivity contribution in [3.05, 3.63) is 102 Å². The van der Waals surface area contributed by atoms with Gasteiger partial charge in [0.15, 0.2) is 9.84 Å². The van der Waals surface area contributed by atoms with Crippen LogP contribution in [0.1, 0.15) is 36.7 Å². The van der Waals surface area contributed by atoms with E-state index >= 15 is 0 Å². The number of carbonyl (C=O) groups is 2. The van der Waals surface area contributed by atoms with Gasteiger partial charge in [0.05, 0.1) is 10.6 Å². The molecular weight excluding hydrogens is 512 g/mol. The van der Waals surface area contributed by atoms with Crippen molar-refractivity contribution >= 4 is 38.1 Å². The first-order valence-electron chi connectivity index (χ1n) is 12.6. The van der Waals surface area contributed by atoms with Gasteiger partial charge >= 0.3 is 0 Å². The minimum absolute atomic E-state index is 0.0157. The van der Waals surface area contributed by atoms with Gasteiger partial charge in [-0.1, -0.05) is 75.4 Å². The summed E-state index contributed by atoms with van der Waals surface area (Å²) in [6.07, 6.45) is 0.243. The molecule has 4 aromatic rings. The predicted molar refractivity (Wildman–Crippen MR) is 154 cm³/mol. The summed E-state index contributed by atoms with van der Waals surface area (Å²) in [6, 6.07) is 24.3. The van der Waals surface area contributed by atoms with E-state index < -0.39 is 33.1 Å². The minimum Gasteiger partial charge on any atom is -0.508 e. The molecule has 0 heterocycles. The molecule has 0 bridgehead atoms. The molecule has 0 radical (unpaired) electrons. The summed E-state index contributed by atoms with van der Waals surface area (Å²) in [7, 11) is -3.58. The van der Waals surface area contributed by atoms with Crippen LogP contribution in [-0.2, 0) is 21.1 Å². The molecule has 0 saturated heterocycles. The van der Waals surface area contributed by atoms with E-state index in [0.29, 0.717) is 22.0 Å². The molecule has 7 nitrogen and oxygen atoms in total. The maximum absolute atomic E-state index is 13.6. The molecule has 0 aliphatic carbocycles. The number of sulfone groups is 1. The fourth-order valence-corrected chi connectivity index (χ4v) is 6.54. The van der Waals surface area contributed by atoms with Crippen molar-refractivity contribution in [1.29, 1.82) is 0 Å². The maximum atomic E-state index is 13.6. The van der Waals surface area contributed by atoms with Crippen LogP contribution in [0.2, 0.25) is 0 Å².